The molecule has 0 aromatic rings. The first kappa shape index (κ1) is 7.98. The fraction of sp³-hybridized carbons (Fsp3) is 1.00. The van der Waals surface area contributed by atoms with Crippen LogP contribution in [0.25, 0.3) is 0 Å². The number of rotatable bonds is 0. The smallest absolute Gasteiger partial charge is 0.0949 e. The third-order valence-electron chi connectivity index (χ3n) is 2.12. The maximum absolute atomic E-state index is 9.25. The average molecular weight is 145 g/mol. The van der Waals surface area contributed by atoms with Crippen LogP contribution in [-0.4, -0.2) is 28.5 Å². The van der Waals surface area contributed by atoms with E-state index >= 15 is 0 Å². The van der Waals surface area contributed by atoms with Gasteiger partial charge in [-0.25, -0.2) is 0 Å². The minimum absolute atomic E-state index is 0.225. The third-order valence-corrected chi connectivity index (χ3v) is 2.12. The summed E-state index contributed by atoms with van der Waals surface area (Å²) >= 11 is 0. The van der Waals surface area contributed by atoms with Gasteiger partial charge in [0.2, 0.25) is 0 Å². The zero-order valence-electron chi connectivity index (χ0n) is 6.03. The molecule has 0 saturated heterocycles. The van der Waals surface area contributed by atoms with Crippen LogP contribution in [-0.2, 0) is 0 Å². The summed E-state index contributed by atoms with van der Waals surface area (Å²) in [5.74, 6) is 0. The van der Waals surface area contributed by atoms with Gasteiger partial charge < -0.3 is 15.9 Å². The van der Waals surface area contributed by atoms with Crippen molar-refractivity contribution in [2.45, 2.75) is 43.9 Å². The molecule has 10 heavy (non-hydrogen) atoms. The van der Waals surface area contributed by atoms with E-state index in [4.69, 9.17) is 5.73 Å². The topological polar surface area (TPSA) is 66.5 Å². The molecule has 0 unspecified atom stereocenters. The van der Waals surface area contributed by atoms with Gasteiger partial charge in [-0.05, 0) is 12.8 Å². The van der Waals surface area contributed by atoms with Crippen molar-refractivity contribution in [2.75, 3.05) is 0 Å². The van der Waals surface area contributed by atoms with Crippen molar-refractivity contribution in [2.24, 2.45) is 5.73 Å². The number of hydrogen-bond donors (Lipinski definition) is 3. The van der Waals surface area contributed by atoms with Gasteiger partial charge in [0, 0.05) is 6.04 Å². The van der Waals surface area contributed by atoms with E-state index in [1.165, 1.54) is 0 Å². The first-order chi connectivity index (χ1) is 4.72. The summed E-state index contributed by atoms with van der Waals surface area (Å²) in [7, 11) is 0. The van der Waals surface area contributed by atoms with E-state index in [1.807, 2.05) is 0 Å². The van der Waals surface area contributed by atoms with E-state index in [1.54, 1.807) is 0 Å². The molecule has 0 aliphatic heterocycles. The Bertz CT molecular complexity index is 95.8. The molecule has 0 amide bonds. The molecule has 3 atom stereocenters. The third kappa shape index (κ3) is 1.68. The van der Waals surface area contributed by atoms with E-state index in [9.17, 15) is 10.2 Å². The van der Waals surface area contributed by atoms with Crippen molar-refractivity contribution in [1.82, 2.24) is 0 Å². The summed E-state index contributed by atoms with van der Waals surface area (Å²) in [5, 5.41) is 18.4. The second-order valence-corrected chi connectivity index (χ2v) is 3.01. The van der Waals surface area contributed by atoms with Crippen LogP contribution in [0.2, 0.25) is 0 Å². The van der Waals surface area contributed by atoms with Crippen LogP contribution in [0.5, 0.6) is 0 Å². The number of nitrogens with two attached hydrogens (primary N) is 1. The lowest BCUT2D eigenvalue weighted by atomic mass is 10.1. The second-order valence-electron chi connectivity index (χ2n) is 3.01. The molecular formula is C7H15NO2. The van der Waals surface area contributed by atoms with Crippen LogP contribution >= 0.6 is 0 Å². The van der Waals surface area contributed by atoms with Crippen molar-refractivity contribution >= 4 is 0 Å². The van der Waals surface area contributed by atoms with Gasteiger partial charge in [-0.15, -0.1) is 0 Å². The summed E-state index contributed by atoms with van der Waals surface area (Å²) in [6.07, 6.45) is 2.22. The molecule has 3 nitrogen and oxygen atoms in total. The highest BCUT2D eigenvalue weighted by Crippen LogP contribution is 2.16. The Morgan fingerprint density at radius 1 is 1.10 bits per heavy atom. The lowest BCUT2D eigenvalue weighted by Crippen LogP contribution is -2.41. The van der Waals surface area contributed by atoms with Crippen LogP contribution in [0.1, 0.15) is 25.7 Å². The molecule has 0 radical (unpaired) electrons. The molecule has 60 valence electrons. The molecule has 1 saturated carbocycles. The highest BCUT2D eigenvalue weighted by molar-refractivity contribution is 4.81. The predicted molar refractivity (Wildman–Crippen MR) is 38.5 cm³/mol. The SMILES string of the molecule is N[C@H]1CCCC[C@@H](O)[C@@H]1O. The standard InChI is InChI=1S/C7H15NO2/c8-5-3-1-2-4-6(9)7(5)10/h5-7,9-10H,1-4,8H2/t5-,6+,7+/m0/s1. The Balaban J connectivity index is 2.46. The number of aliphatic hydroxyl groups excluding tert-OH is 2. The molecule has 1 aliphatic carbocycles. The van der Waals surface area contributed by atoms with Crippen molar-refractivity contribution in [3.8, 4) is 0 Å². The first-order valence-electron chi connectivity index (χ1n) is 3.83. The maximum Gasteiger partial charge on any atom is 0.0949 e. The van der Waals surface area contributed by atoms with Crippen LogP contribution in [0.4, 0.5) is 0 Å². The Morgan fingerprint density at radius 2 is 1.70 bits per heavy atom. The van der Waals surface area contributed by atoms with E-state index < -0.39 is 12.2 Å². The van der Waals surface area contributed by atoms with Gasteiger partial charge in [-0.1, -0.05) is 12.8 Å². The Morgan fingerprint density at radius 3 is 2.40 bits per heavy atom. The molecule has 1 aliphatic rings. The Hall–Kier alpha value is -0.120. The second kappa shape index (κ2) is 3.32. The van der Waals surface area contributed by atoms with Crippen LogP contribution in [0, 0.1) is 0 Å². The van der Waals surface area contributed by atoms with Crippen LogP contribution in [0.3, 0.4) is 0 Å². The minimum Gasteiger partial charge on any atom is -0.390 e. The van der Waals surface area contributed by atoms with Gasteiger partial charge >= 0.3 is 0 Å². The predicted octanol–water partition coefficient (Wildman–Crippen LogP) is -0.391. The fourth-order valence-electron chi connectivity index (χ4n) is 1.36. The molecule has 3 heteroatoms. The van der Waals surface area contributed by atoms with Crippen molar-refractivity contribution in [1.29, 1.82) is 0 Å². The first-order valence-corrected chi connectivity index (χ1v) is 3.83. The van der Waals surface area contributed by atoms with Gasteiger partial charge in [-0.3, -0.25) is 0 Å². The van der Waals surface area contributed by atoms with Crippen LogP contribution < -0.4 is 5.73 Å². The molecule has 0 aromatic heterocycles. The normalized spacial score (nSPS) is 42.9. The molecular weight excluding hydrogens is 130 g/mol. The van der Waals surface area contributed by atoms with Crippen molar-refractivity contribution in [3.63, 3.8) is 0 Å². The van der Waals surface area contributed by atoms with Crippen molar-refractivity contribution in [3.05, 3.63) is 0 Å². The number of hydrogen-bond acceptors (Lipinski definition) is 3. The summed E-state index contributed by atoms with van der Waals surface area (Å²) in [4.78, 5) is 0. The fourth-order valence-corrected chi connectivity index (χ4v) is 1.36. The highest BCUT2D eigenvalue weighted by Gasteiger charge is 2.25. The van der Waals surface area contributed by atoms with E-state index in [0.717, 1.165) is 19.3 Å². The lowest BCUT2D eigenvalue weighted by Gasteiger charge is -2.19. The molecule has 0 spiro atoms. The average Bonchev–Trinajstić information content (AvgIpc) is 2.04. The Kier molecular flexibility index (Phi) is 2.65. The Labute approximate surface area is 60.9 Å². The molecule has 1 fully saturated rings. The van der Waals surface area contributed by atoms with E-state index in [2.05, 4.69) is 0 Å². The largest absolute Gasteiger partial charge is 0.390 e. The minimum atomic E-state index is -0.706. The quantitative estimate of drug-likeness (QED) is 0.407. The zero-order valence-corrected chi connectivity index (χ0v) is 6.03. The van der Waals surface area contributed by atoms with Crippen LogP contribution in [0.15, 0.2) is 0 Å². The van der Waals surface area contributed by atoms with Gasteiger partial charge in [0.05, 0.1) is 12.2 Å². The molecule has 4 N–H and O–H groups in total. The number of aliphatic hydroxyl groups is 2. The van der Waals surface area contributed by atoms with Gasteiger partial charge in [0.15, 0.2) is 0 Å². The summed E-state index contributed by atoms with van der Waals surface area (Å²) < 4.78 is 0. The van der Waals surface area contributed by atoms with Gasteiger partial charge in [0.1, 0.15) is 0 Å². The lowest BCUT2D eigenvalue weighted by molar-refractivity contribution is 0.00575. The monoisotopic (exact) mass is 145 g/mol. The van der Waals surface area contributed by atoms with Gasteiger partial charge in [0.25, 0.3) is 0 Å². The molecule has 0 bridgehead atoms. The summed E-state index contributed by atoms with van der Waals surface area (Å²) in [6, 6.07) is -0.225. The van der Waals surface area contributed by atoms with E-state index in [0.29, 0.717) is 6.42 Å². The highest BCUT2D eigenvalue weighted by atomic mass is 16.3. The molecule has 1 rings (SSSR count). The summed E-state index contributed by atoms with van der Waals surface area (Å²) in [6.45, 7) is 0. The maximum atomic E-state index is 9.25. The van der Waals surface area contributed by atoms with Gasteiger partial charge in [-0.2, -0.15) is 0 Å². The molecule has 0 heterocycles. The van der Waals surface area contributed by atoms with Crippen molar-refractivity contribution < 1.29 is 10.2 Å². The summed E-state index contributed by atoms with van der Waals surface area (Å²) in [5.41, 5.74) is 5.56. The van der Waals surface area contributed by atoms with E-state index in [-0.39, 0.29) is 6.04 Å². The zero-order chi connectivity index (χ0) is 7.56. The molecule has 0 aromatic carbocycles.